The summed E-state index contributed by atoms with van der Waals surface area (Å²) < 4.78 is 38.1. The molecular weight excluding hydrogens is 513 g/mol. The molecule has 39 heavy (non-hydrogen) atoms. The van der Waals surface area contributed by atoms with Crippen LogP contribution in [0.1, 0.15) is 21.6 Å². The number of nitrogens with one attached hydrogen (secondary N) is 1. The number of alkyl halides is 3. The van der Waals surface area contributed by atoms with E-state index in [0.717, 1.165) is 22.2 Å². The first-order chi connectivity index (χ1) is 18.7. The number of aromatic amines is 1. The van der Waals surface area contributed by atoms with Crippen molar-refractivity contribution in [1.82, 2.24) is 19.6 Å². The second-order valence-corrected chi connectivity index (χ2v) is 9.14. The molecule has 3 aromatic carbocycles. The Morgan fingerprint density at radius 3 is 2.64 bits per heavy atom. The Balaban J connectivity index is 1.26. The minimum atomic E-state index is -5.26. The van der Waals surface area contributed by atoms with E-state index in [1.807, 2.05) is 48.5 Å². The van der Waals surface area contributed by atoms with Crippen LogP contribution in [0.5, 0.6) is 0 Å². The van der Waals surface area contributed by atoms with Crippen molar-refractivity contribution in [1.29, 1.82) is 0 Å². The van der Waals surface area contributed by atoms with Crippen molar-refractivity contribution in [3.05, 3.63) is 100 Å². The molecule has 3 heterocycles. The van der Waals surface area contributed by atoms with Gasteiger partial charge in [0.25, 0.3) is 5.91 Å². The van der Waals surface area contributed by atoms with Gasteiger partial charge in [0.05, 0.1) is 16.6 Å². The lowest BCUT2D eigenvalue weighted by atomic mass is 9.96. The number of H-pyrrole nitrogens is 1. The number of carbonyl (C=O) groups is 2. The molecule has 1 aliphatic heterocycles. The SMILES string of the molecule is O=C1c2c(cccc2-c2ccc3c(c2)[nH]c(=O)n3OC(=O)C(F)(F)F)CN1CCc1ccc2ccccc2n1. The van der Waals surface area contributed by atoms with Gasteiger partial charge in [-0.2, -0.15) is 13.2 Å². The summed E-state index contributed by atoms with van der Waals surface area (Å²) in [5.41, 5.74) is 3.38. The minimum Gasteiger partial charge on any atom is -0.334 e. The van der Waals surface area contributed by atoms with E-state index >= 15 is 0 Å². The molecule has 0 aliphatic carbocycles. The van der Waals surface area contributed by atoms with Crippen molar-refractivity contribution in [2.45, 2.75) is 19.1 Å². The lowest BCUT2D eigenvalue weighted by Crippen LogP contribution is -2.37. The molecule has 0 bridgehead atoms. The largest absolute Gasteiger partial charge is 0.493 e. The summed E-state index contributed by atoms with van der Waals surface area (Å²) in [5.74, 6) is -2.66. The van der Waals surface area contributed by atoms with Gasteiger partial charge in [-0.15, -0.1) is 4.73 Å². The fourth-order valence-electron chi connectivity index (χ4n) is 4.82. The van der Waals surface area contributed by atoms with E-state index < -0.39 is 17.8 Å². The molecule has 0 fully saturated rings. The average molecular weight is 532 g/mol. The van der Waals surface area contributed by atoms with Gasteiger partial charge in [-0.3, -0.25) is 9.78 Å². The zero-order valence-corrected chi connectivity index (χ0v) is 20.2. The predicted molar refractivity (Wildman–Crippen MR) is 136 cm³/mol. The van der Waals surface area contributed by atoms with Crippen molar-refractivity contribution in [3.8, 4) is 11.1 Å². The van der Waals surface area contributed by atoms with Gasteiger partial charge in [0.15, 0.2) is 0 Å². The van der Waals surface area contributed by atoms with Gasteiger partial charge in [-0.1, -0.05) is 48.5 Å². The molecule has 2 aromatic heterocycles. The first kappa shape index (κ1) is 24.4. The molecule has 5 aromatic rings. The van der Waals surface area contributed by atoms with Crippen molar-refractivity contribution in [3.63, 3.8) is 0 Å². The van der Waals surface area contributed by atoms with Crippen molar-refractivity contribution >= 4 is 33.8 Å². The van der Waals surface area contributed by atoms with Crippen molar-refractivity contribution < 1.29 is 27.6 Å². The van der Waals surface area contributed by atoms with Gasteiger partial charge < -0.3 is 14.7 Å². The summed E-state index contributed by atoms with van der Waals surface area (Å²) in [7, 11) is 0. The molecule has 0 radical (unpaired) electrons. The van der Waals surface area contributed by atoms with E-state index in [2.05, 4.69) is 14.8 Å². The van der Waals surface area contributed by atoms with Crippen molar-refractivity contribution in [2.75, 3.05) is 6.54 Å². The molecule has 0 saturated carbocycles. The maximum Gasteiger partial charge on any atom is 0.493 e. The van der Waals surface area contributed by atoms with Crippen LogP contribution in [0.15, 0.2) is 77.6 Å². The van der Waals surface area contributed by atoms with Gasteiger partial charge in [-0.05, 0) is 41.0 Å². The van der Waals surface area contributed by atoms with Crippen LogP contribution in [0, 0.1) is 0 Å². The summed E-state index contributed by atoms with van der Waals surface area (Å²) >= 11 is 0. The van der Waals surface area contributed by atoms with E-state index in [0.29, 0.717) is 36.2 Å². The molecule has 0 atom stereocenters. The molecule has 6 rings (SSSR count). The van der Waals surface area contributed by atoms with Gasteiger partial charge in [0.2, 0.25) is 0 Å². The zero-order chi connectivity index (χ0) is 27.3. The Bertz CT molecular complexity index is 1840. The fraction of sp³-hybridized carbons (Fsp3) is 0.143. The standard InChI is InChI=1S/C28H19F3N4O4/c29-28(30,31)26(37)39-35-23-11-9-17(14-22(23)33-27(35)38)20-6-3-5-18-15-34(25(36)24(18)20)13-12-19-10-8-16-4-1-2-7-21(16)32-19/h1-11,14H,12-13,15H2,(H,33,38). The van der Waals surface area contributed by atoms with Gasteiger partial charge in [0, 0.05) is 30.6 Å². The Morgan fingerprint density at radius 1 is 1.00 bits per heavy atom. The predicted octanol–water partition coefficient (Wildman–Crippen LogP) is 4.26. The van der Waals surface area contributed by atoms with Crippen LogP contribution in [-0.2, 0) is 17.8 Å². The highest BCUT2D eigenvalue weighted by atomic mass is 19.4. The topological polar surface area (TPSA) is 97.3 Å². The smallest absolute Gasteiger partial charge is 0.334 e. The highest BCUT2D eigenvalue weighted by Crippen LogP contribution is 2.34. The Morgan fingerprint density at radius 2 is 1.82 bits per heavy atom. The number of para-hydroxylation sites is 1. The molecule has 1 aliphatic rings. The summed E-state index contributed by atoms with van der Waals surface area (Å²) in [4.78, 5) is 49.9. The number of hydrogen-bond acceptors (Lipinski definition) is 5. The Hall–Kier alpha value is -4.93. The number of carbonyl (C=O) groups excluding carboxylic acids is 2. The minimum absolute atomic E-state index is 0.0511. The van der Waals surface area contributed by atoms with E-state index in [1.54, 1.807) is 17.0 Å². The van der Waals surface area contributed by atoms with E-state index in [4.69, 9.17) is 0 Å². The van der Waals surface area contributed by atoms with Crippen LogP contribution in [0.25, 0.3) is 33.1 Å². The molecule has 8 nitrogen and oxygen atoms in total. The fourth-order valence-corrected chi connectivity index (χ4v) is 4.82. The van der Waals surface area contributed by atoms with Crippen LogP contribution < -0.4 is 10.5 Å². The third-order valence-corrected chi connectivity index (χ3v) is 6.67. The molecule has 196 valence electrons. The number of amides is 1. The number of aromatic nitrogens is 3. The average Bonchev–Trinajstić information content (AvgIpc) is 3.41. The molecule has 11 heteroatoms. The third-order valence-electron chi connectivity index (χ3n) is 6.67. The lowest BCUT2D eigenvalue weighted by Gasteiger charge is -2.15. The summed E-state index contributed by atoms with van der Waals surface area (Å²) in [6.07, 6.45) is -4.68. The van der Waals surface area contributed by atoms with E-state index in [-0.39, 0.29) is 21.7 Å². The number of hydrogen-bond donors (Lipinski definition) is 1. The van der Waals surface area contributed by atoms with Crippen LogP contribution in [-0.4, -0.2) is 44.2 Å². The summed E-state index contributed by atoms with van der Waals surface area (Å²) in [6.45, 7) is 0.899. The second kappa shape index (κ2) is 9.12. The number of rotatable bonds is 5. The highest BCUT2D eigenvalue weighted by molar-refractivity contribution is 6.05. The second-order valence-electron chi connectivity index (χ2n) is 9.14. The molecule has 0 spiro atoms. The number of fused-ring (bicyclic) bond motifs is 3. The van der Waals surface area contributed by atoms with Crippen LogP contribution >= 0.6 is 0 Å². The van der Waals surface area contributed by atoms with Gasteiger partial charge >= 0.3 is 17.8 Å². The number of benzene rings is 3. The number of halogens is 3. The summed E-state index contributed by atoms with van der Waals surface area (Å²) in [6, 6.07) is 21.7. The Kier molecular flexibility index (Phi) is 5.71. The number of pyridine rings is 1. The van der Waals surface area contributed by atoms with Crippen LogP contribution in [0.3, 0.4) is 0 Å². The maximum atomic E-state index is 13.4. The molecule has 1 N–H and O–H groups in total. The highest BCUT2D eigenvalue weighted by Gasteiger charge is 2.42. The molecule has 1 amide bonds. The quantitative estimate of drug-likeness (QED) is 0.365. The molecule has 0 saturated heterocycles. The van der Waals surface area contributed by atoms with E-state index in [1.165, 1.54) is 12.1 Å². The first-order valence-corrected chi connectivity index (χ1v) is 12.0. The lowest BCUT2D eigenvalue weighted by molar-refractivity contribution is -0.199. The maximum absolute atomic E-state index is 13.4. The van der Waals surface area contributed by atoms with Crippen LogP contribution in [0.2, 0.25) is 0 Å². The number of imidazole rings is 1. The van der Waals surface area contributed by atoms with Crippen molar-refractivity contribution in [2.24, 2.45) is 0 Å². The zero-order valence-electron chi connectivity index (χ0n) is 20.2. The molecule has 0 unspecified atom stereocenters. The van der Waals surface area contributed by atoms with Crippen LogP contribution in [0.4, 0.5) is 13.2 Å². The third kappa shape index (κ3) is 4.41. The molecular formula is C28H19F3N4O4. The monoisotopic (exact) mass is 532 g/mol. The van der Waals surface area contributed by atoms with Gasteiger partial charge in [-0.25, -0.2) is 9.59 Å². The number of nitrogens with zero attached hydrogens (tertiary/aromatic N) is 3. The first-order valence-electron chi connectivity index (χ1n) is 12.0. The normalized spacial score (nSPS) is 13.3. The summed E-state index contributed by atoms with van der Waals surface area (Å²) in [5, 5.41) is 1.04. The van der Waals surface area contributed by atoms with Gasteiger partial charge in [0.1, 0.15) is 5.52 Å². The van der Waals surface area contributed by atoms with E-state index in [9.17, 15) is 27.6 Å². The Labute approximate surface area is 218 Å².